The first-order valence-electron chi connectivity index (χ1n) is 10.9. The average Bonchev–Trinajstić information content (AvgIpc) is 3.31. The van der Waals surface area contributed by atoms with Crippen LogP contribution in [0.5, 0.6) is 23.0 Å². The van der Waals surface area contributed by atoms with E-state index in [9.17, 15) is 9.59 Å². The quantitative estimate of drug-likeness (QED) is 0.608. The molecule has 0 bridgehead atoms. The highest BCUT2D eigenvalue weighted by Gasteiger charge is 2.37. The van der Waals surface area contributed by atoms with E-state index in [0.29, 0.717) is 25.3 Å². The van der Waals surface area contributed by atoms with Gasteiger partial charge in [0.2, 0.25) is 0 Å². The molecule has 1 fully saturated rings. The van der Waals surface area contributed by atoms with Gasteiger partial charge in [-0.3, -0.25) is 9.59 Å². The molecule has 1 saturated carbocycles. The van der Waals surface area contributed by atoms with Crippen molar-refractivity contribution in [3.05, 3.63) is 46.5 Å². The molecule has 2 amide bonds. The van der Waals surface area contributed by atoms with Gasteiger partial charge >= 0.3 is 0 Å². The lowest BCUT2D eigenvalue weighted by molar-refractivity contribution is -0.119. The van der Waals surface area contributed by atoms with Gasteiger partial charge in [-0.05, 0) is 42.7 Å². The average molecular weight is 475 g/mol. The van der Waals surface area contributed by atoms with Crippen molar-refractivity contribution in [3.8, 4) is 23.0 Å². The van der Waals surface area contributed by atoms with Crippen molar-refractivity contribution in [1.82, 2.24) is 5.32 Å². The van der Waals surface area contributed by atoms with Crippen LogP contribution in [0.2, 0.25) is 5.02 Å². The zero-order valence-electron chi connectivity index (χ0n) is 18.4. The lowest BCUT2D eigenvalue weighted by Crippen LogP contribution is -2.39. The summed E-state index contributed by atoms with van der Waals surface area (Å²) in [6, 6.07) is 9.07. The van der Waals surface area contributed by atoms with E-state index in [0.717, 1.165) is 42.7 Å². The van der Waals surface area contributed by atoms with Crippen molar-refractivity contribution in [2.75, 3.05) is 33.5 Å². The van der Waals surface area contributed by atoms with Crippen LogP contribution in [0.3, 0.4) is 0 Å². The first-order chi connectivity index (χ1) is 15.9. The van der Waals surface area contributed by atoms with Crippen LogP contribution in [0.25, 0.3) is 0 Å². The molecule has 0 radical (unpaired) electrons. The van der Waals surface area contributed by atoms with E-state index in [-0.39, 0.29) is 34.5 Å². The van der Waals surface area contributed by atoms with Crippen LogP contribution < -0.4 is 30.0 Å². The number of halogens is 1. The lowest BCUT2D eigenvalue weighted by atomic mass is 9.78. The standard InChI is InChI=1S/C24H27ClN2O6/c1-30-20-11-15(10-17(25)22(20)33-13-21(26)28)23(29)27-14-24(6-2-3-7-24)16-4-5-18-19(12-16)32-9-8-31-18/h4-5,10-12H,2-3,6-9,13-14H2,1H3,(H2,26,28)(H,27,29). The second-order valence-electron chi connectivity index (χ2n) is 8.27. The SMILES string of the molecule is COc1cc(C(=O)NCC2(c3ccc4c(c3)OCCO4)CCCC2)cc(Cl)c1OCC(N)=O. The molecule has 0 unspecified atom stereocenters. The Hall–Kier alpha value is -3.13. The molecular weight excluding hydrogens is 448 g/mol. The number of ether oxygens (including phenoxy) is 4. The third-order valence-electron chi connectivity index (χ3n) is 6.15. The van der Waals surface area contributed by atoms with Gasteiger partial charge in [0.15, 0.2) is 29.6 Å². The van der Waals surface area contributed by atoms with Gasteiger partial charge in [0.05, 0.1) is 12.1 Å². The minimum absolute atomic E-state index is 0.156. The van der Waals surface area contributed by atoms with Crippen LogP contribution in [0, 0.1) is 0 Å². The first kappa shape index (κ1) is 23.0. The Balaban J connectivity index is 1.52. The molecule has 9 heteroatoms. The van der Waals surface area contributed by atoms with Crippen molar-refractivity contribution < 1.29 is 28.5 Å². The topological polar surface area (TPSA) is 109 Å². The monoisotopic (exact) mass is 474 g/mol. The zero-order valence-corrected chi connectivity index (χ0v) is 19.2. The molecule has 2 aliphatic rings. The fourth-order valence-electron chi connectivity index (χ4n) is 4.48. The number of carbonyl (C=O) groups is 2. The number of methoxy groups -OCH3 is 1. The highest BCUT2D eigenvalue weighted by atomic mass is 35.5. The molecule has 0 aromatic heterocycles. The fourth-order valence-corrected chi connectivity index (χ4v) is 4.74. The summed E-state index contributed by atoms with van der Waals surface area (Å²) in [5.41, 5.74) is 6.42. The number of hydrogen-bond donors (Lipinski definition) is 2. The largest absolute Gasteiger partial charge is 0.493 e. The van der Waals surface area contributed by atoms with Crippen LogP contribution in [0.4, 0.5) is 0 Å². The number of primary amides is 1. The van der Waals surface area contributed by atoms with Gasteiger partial charge in [-0.15, -0.1) is 0 Å². The maximum Gasteiger partial charge on any atom is 0.255 e. The number of fused-ring (bicyclic) bond motifs is 1. The molecule has 2 aromatic rings. The normalized spacial score (nSPS) is 16.2. The number of nitrogens with one attached hydrogen (secondary N) is 1. The summed E-state index contributed by atoms with van der Waals surface area (Å²) < 4.78 is 22.0. The lowest BCUT2D eigenvalue weighted by Gasteiger charge is -2.31. The summed E-state index contributed by atoms with van der Waals surface area (Å²) in [6.07, 6.45) is 4.12. The van der Waals surface area contributed by atoms with E-state index < -0.39 is 5.91 Å². The van der Waals surface area contributed by atoms with E-state index in [1.807, 2.05) is 12.1 Å². The van der Waals surface area contributed by atoms with Gasteiger partial charge in [0, 0.05) is 17.5 Å². The summed E-state index contributed by atoms with van der Waals surface area (Å²) in [5.74, 6) is 0.993. The summed E-state index contributed by atoms with van der Waals surface area (Å²) >= 11 is 6.30. The van der Waals surface area contributed by atoms with E-state index in [4.69, 9.17) is 36.3 Å². The maximum atomic E-state index is 13.0. The smallest absolute Gasteiger partial charge is 0.255 e. The van der Waals surface area contributed by atoms with Crippen LogP contribution in [-0.4, -0.2) is 45.3 Å². The number of amides is 2. The van der Waals surface area contributed by atoms with E-state index >= 15 is 0 Å². The van der Waals surface area contributed by atoms with Crippen molar-refractivity contribution >= 4 is 23.4 Å². The predicted molar refractivity (Wildman–Crippen MR) is 123 cm³/mol. The third kappa shape index (κ3) is 4.95. The predicted octanol–water partition coefficient (Wildman–Crippen LogP) is 3.23. The molecule has 176 valence electrons. The van der Waals surface area contributed by atoms with Crippen LogP contribution in [-0.2, 0) is 10.2 Å². The molecule has 0 saturated heterocycles. The molecule has 33 heavy (non-hydrogen) atoms. The van der Waals surface area contributed by atoms with Crippen LogP contribution in [0.15, 0.2) is 30.3 Å². The molecule has 1 aliphatic carbocycles. The first-order valence-corrected chi connectivity index (χ1v) is 11.3. The molecule has 2 aromatic carbocycles. The number of benzene rings is 2. The molecule has 3 N–H and O–H groups in total. The van der Waals surface area contributed by atoms with E-state index in [1.165, 1.54) is 19.2 Å². The van der Waals surface area contributed by atoms with Gasteiger partial charge in [-0.25, -0.2) is 0 Å². The summed E-state index contributed by atoms with van der Waals surface area (Å²) in [4.78, 5) is 24.1. The summed E-state index contributed by atoms with van der Waals surface area (Å²) in [7, 11) is 1.43. The summed E-state index contributed by atoms with van der Waals surface area (Å²) in [6.45, 7) is 1.21. The Morgan fingerprint density at radius 2 is 1.85 bits per heavy atom. The van der Waals surface area contributed by atoms with Gasteiger partial charge in [0.25, 0.3) is 11.8 Å². The summed E-state index contributed by atoms with van der Waals surface area (Å²) in [5, 5.41) is 3.22. The van der Waals surface area contributed by atoms with Crippen molar-refractivity contribution in [3.63, 3.8) is 0 Å². The van der Waals surface area contributed by atoms with E-state index in [1.54, 1.807) is 0 Å². The Kier molecular flexibility index (Phi) is 6.83. The van der Waals surface area contributed by atoms with Crippen molar-refractivity contribution in [2.45, 2.75) is 31.1 Å². The molecule has 1 aliphatic heterocycles. The van der Waals surface area contributed by atoms with Crippen LogP contribution in [0.1, 0.15) is 41.6 Å². The molecule has 8 nitrogen and oxygen atoms in total. The Bertz CT molecular complexity index is 1050. The number of nitrogens with two attached hydrogens (primary N) is 1. The molecule has 0 spiro atoms. The van der Waals surface area contributed by atoms with Gasteiger partial charge in [-0.2, -0.15) is 0 Å². The highest BCUT2D eigenvalue weighted by Crippen LogP contribution is 2.44. The van der Waals surface area contributed by atoms with Crippen molar-refractivity contribution in [1.29, 1.82) is 0 Å². The maximum absolute atomic E-state index is 13.0. The zero-order chi connectivity index (χ0) is 23.4. The minimum Gasteiger partial charge on any atom is -0.493 e. The van der Waals surface area contributed by atoms with Gasteiger partial charge in [-0.1, -0.05) is 30.5 Å². The Labute approximate surface area is 197 Å². The fraction of sp³-hybridized carbons (Fsp3) is 0.417. The Morgan fingerprint density at radius 3 is 2.55 bits per heavy atom. The molecule has 4 rings (SSSR count). The van der Waals surface area contributed by atoms with E-state index in [2.05, 4.69) is 11.4 Å². The molecular formula is C24H27ClN2O6. The highest BCUT2D eigenvalue weighted by molar-refractivity contribution is 6.32. The second-order valence-corrected chi connectivity index (χ2v) is 8.68. The Morgan fingerprint density at radius 1 is 1.12 bits per heavy atom. The van der Waals surface area contributed by atoms with Crippen molar-refractivity contribution in [2.24, 2.45) is 5.73 Å². The number of rotatable bonds is 8. The van der Waals surface area contributed by atoms with Gasteiger partial charge in [0.1, 0.15) is 13.2 Å². The number of carbonyl (C=O) groups excluding carboxylic acids is 2. The van der Waals surface area contributed by atoms with Crippen LogP contribution >= 0.6 is 11.6 Å². The van der Waals surface area contributed by atoms with Gasteiger partial charge < -0.3 is 30.0 Å². The molecule has 1 heterocycles. The minimum atomic E-state index is -0.643. The third-order valence-corrected chi connectivity index (χ3v) is 6.43. The molecule has 0 atom stereocenters. The number of hydrogen-bond acceptors (Lipinski definition) is 6. The second kappa shape index (κ2) is 9.79.